The lowest BCUT2D eigenvalue weighted by molar-refractivity contribution is 0.00943. The molecule has 1 aliphatic heterocycles. The average Bonchev–Trinajstić information content (AvgIpc) is 3.49. The molecule has 1 fully saturated rings. The van der Waals surface area contributed by atoms with Crippen LogP contribution in [0.1, 0.15) is 18.4 Å². The van der Waals surface area contributed by atoms with Gasteiger partial charge in [0.15, 0.2) is 0 Å². The number of rotatable bonds is 12. The van der Waals surface area contributed by atoms with Gasteiger partial charge in [0.2, 0.25) is 5.88 Å². The zero-order valence-electron chi connectivity index (χ0n) is 20.2. The summed E-state index contributed by atoms with van der Waals surface area (Å²) in [6.45, 7) is 2.78. The first-order valence-corrected chi connectivity index (χ1v) is 12.0. The standard InChI is InChI=1S/C28H33N3O4/c1-3-16-33-21-23(32)18-31(19-25-15-10-17-34-25)20-26-27(22-11-6-4-7-12-22)29-30(2)28(26)35-24-13-8-5-9-14-24/h1,4-9,11-14,23,25,32H,10,15-21H2,2H3/t23-,25-/m0/s1. The van der Waals surface area contributed by atoms with Crippen LogP contribution in [-0.2, 0) is 23.1 Å². The van der Waals surface area contributed by atoms with Crippen LogP contribution >= 0.6 is 0 Å². The molecule has 0 saturated carbocycles. The van der Waals surface area contributed by atoms with Gasteiger partial charge in [-0.05, 0) is 25.0 Å². The molecule has 1 aromatic heterocycles. The number of para-hydroxylation sites is 1. The number of aryl methyl sites for hydroxylation is 1. The minimum Gasteiger partial charge on any atom is -0.439 e. The van der Waals surface area contributed by atoms with Crippen molar-refractivity contribution in [1.29, 1.82) is 0 Å². The number of terminal acetylenes is 1. The molecular formula is C28H33N3O4. The summed E-state index contributed by atoms with van der Waals surface area (Å²) in [5.74, 6) is 3.85. The molecule has 184 valence electrons. The lowest BCUT2D eigenvalue weighted by Crippen LogP contribution is -2.39. The number of hydrogen-bond donors (Lipinski definition) is 1. The Bertz CT molecular complexity index is 1090. The molecule has 0 radical (unpaired) electrons. The van der Waals surface area contributed by atoms with Crippen molar-refractivity contribution in [1.82, 2.24) is 14.7 Å². The fraction of sp³-hybridized carbons (Fsp3) is 0.393. The number of aliphatic hydroxyl groups is 1. The van der Waals surface area contributed by atoms with E-state index >= 15 is 0 Å². The van der Waals surface area contributed by atoms with Crippen molar-refractivity contribution in [3.63, 3.8) is 0 Å². The van der Waals surface area contributed by atoms with E-state index in [2.05, 4.69) is 10.8 Å². The maximum absolute atomic E-state index is 10.7. The van der Waals surface area contributed by atoms with E-state index in [0.29, 0.717) is 25.5 Å². The molecule has 1 saturated heterocycles. The third-order valence-electron chi connectivity index (χ3n) is 5.93. The van der Waals surface area contributed by atoms with E-state index in [4.69, 9.17) is 25.7 Å². The highest BCUT2D eigenvalue weighted by molar-refractivity contribution is 5.65. The van der Waals surface area contributed by atoms with Crippen LogP contribution in [0.3, 0.4) is 0 Å². The van der Waals surface area contributed by atoms with Crippen LogP contribution in [-0.4, -0.2) is 64.9 Å². The second-order valence-electron chi connectivity index (χ2n) is 8.74. The average molecular weight is 476 g/mol. The summed E-state index contributed by atoms with van der Waals surface area (Å²) in [5, 5.41) is 15.5. The van der Waals surface area contributed by atoms with Gasteiger partial charge in [0.1, 0.15) is 18.1 Å². The molecule has 0 unspecified atom stereocenters. The Morgan fingerprint density at radius 3 is 2.63 bits per heavy atom. The molecule has 2 heterocycles. The summed E-state index contributed by atoms with van der Waals surface area (Å²) in [6.07, 6.45) is 6.78. The number of benzene rings is 2. The molecule has 0 aliphatic carbocycles. The Balaban J connectivity index is 1.64. The minimum absolute atomic E-state index is 0.129. The summed E-state index contributed by atoms with van der Waals surface area (Å²) in [5.41, 5.74) is 2.82. The SMILES string of the molecule is C#CCOC[C@@H](O)CN(Cc1c(-c2ccccc2)nn(C)c1Oc1ccccc1)C[C@@H]1CCCO1. The Morgan fingerprint density at radius 1 is 1.20 bits per heavy atom. The Hall–Kier alpha value is -3.15. The van der Waals surface area contributed by atoms with Crippen molar-refractivity contribution in [2.75, 3.05) is 32.9 Å². The van der Waals surface area contributed by atoms with Crippen LogP contribution in [0.5, 0.6) is 11.6 Å². The third-order valence-corrected chi connectivity index (χ3v) is 5.93. The van der Waals surface area contributed by atoms with Gasteiger partial charge < -0.3 is 19.3 Å². The van der Waals surface area contributed by atoms with Gasteiger partial charge in [0, 0.05) is 38.9 Å². The maximum atomic E-state index is 10.7. The normalized spacial score (nSPS) is 16.3. The van der Waals surface area contributed by atoms with Crippen molar-refractivity contribution in [3.8, 4) is 35.2 Å². The van der Waals surface area contributed by atoms with Crippen molar-refractivity contribution in [3.05, 3.63) is 66.2 Å². The van der Waals surface area contributed by atoms with Crippen LogP contribution in [0.25, 0.3) is 11.3 Å². The van der Waals surface area contributed by atoms with Crippen LogP contribution in [0, 0.1) is 12.3 Å². The van der Waals surface area contributed by atoms with Gasteiger partial charge in [-0.15, -0.1) is 6.42 Å². The fourth-order valence-corrected chi connectivity index (χ4v) is 4.36. The Kier molecular flexibility index (Phi) is 8.93. The van der Waals surface area contributed by atoms with Crippen molar-refractivity contribution >= 4 is 0 Å². The molecule has 2 atom stereocenters. The van der Waals surface area contributed by atoms with Gasteiger partial charge in [-0.25, -0.2) is 4.68 Å². The first-order chi connectivity index (χ1) is 17.1. The van der Waals surface area contributed by atoms with E-state index in [-0.39, 0.29) is 19.3 Å². The quantitative estimate of drug-likeness (QED) is 0.317. The van der Waals surface area contributed by atoms with Gasteiger partial charge in [-0.1, -0.05) is 54.5 Å². The Morgan fingerprint density at radius 2 is 1.94 bits per heavy atom. The smallest absolute Gasteiger partial charge is 0.222 e. The molecule has 0 bridgehead atoms. The van der Waals surface area contributed by atoms with E-state index in [1.54, 1.807) is 4.68 Å². The number of nitrogens with zero attached hydrogens (tertiary/aromatic N) is 3. The molecule has 2 aromatic carbocycles. The monoisotopic (exact) mass is 475 g/mol. The number of aliphatic hydroxyl groups excluding tert-OH is 1. The largest absolute Gasteiger partial charge is 0.439 e. The molecule has 3 aromatic rings. The van der Waals surface area contributed by atoms with E-state index < -0.39 is 6.10 Å². The molecule has 7 nitrogen and oxygen atoms in total. The van der Waals surface area contributed by atoms with Crippen LogP contribution in [0.2, 0.25) is 0 Å². The minimum atomic E-state index is -0.680. The summed E-state index contributed by atoms with van der Waals surface area (Å²) in [7, 11) is 1.89. The first kappa shape index (κ1) is 25.0. The molecule has 35 heavy (non-hydrogen) atoms. The van der Waals surface area contributed by atoms with Crippen LogP contribution < -0.4 is 4.74 Å². The number of aromatic nitrogens is 2. The summed E-state index contributed by atoms with van der Waals surface area (Å²) in [6, 6.07) is 19.8. The van der Waals surface area contributed by atoms with Crippen LogP contribution in [0.15, 0.2) is 60.7 Å². The second kappa shape index (κ2) is 12.5. The second-order valence-corrected chi connectivity index (χ2v) is 8.74. The lowest BCUT2D eigenvalue weighted by atomic mass is 10.1. The van der Waals surface area contributed by atoms with E-state index in [1.165, 1.54) is 0 Å². The van der Waals surface area contributed by atoms with E-state index in [9.17, 15) is 5.11 Å². The molecular weight excluding hydrogens is 442 g/mol. The fourth-order valence-electron chi connectivity index (χ4n) is 4.36. The van der Waals surface area contributed by atoms with E-state index in [0.717, 1.165) is 42.0 Å². The highest BCUT2D eigenvalue weighted by atomic mass is 16.5. The number of hydrogen-bond acceptors (Lipinski definition) is 6. The van der Waals surface area contributed by atoms with Crippen molar-refractivity contribution in [2.24, 2.45) is 7.05 Å². The van der Waals surface area contributed by atoms with Gasteiger partial charge in [0.25, 0.3) is 0 Å². The summed E-state index contributed by atoms with van der Waals surface area (Å²) in [4.78, 5) is 2.20. The highest BCUT2D eigenvalue weighted by Crippen LogP contribution is 2.34. The summed E-state index contributed by atoms with van der Waals surface area (Å²) >= 11 is 0. The Labute approximate surface area is 207 Å². The third kappa shape index (κ3) is 6.93. The van der Waals surface area contributed by atoms with Crippen LogP contribution in [0.4, 0.5) is 0 Å². The number of ether oxygens (including phenoxy) is 3. The van der Waals surface area contributed by atoms with Gasteiger partial charge in [0.05, 0.1) is 24.4 Å². The van der Waals surface area contributed by atoms with Crippen molar-refractivity contribution < 1.29 is 19.3 Å². The molecule has 0 spiro atoms. The first-order valence-electron chi connectivity index (χ1n) is 12.0. The molecule has 0 amide bonds. The lowest BCUT2D eigenvalue weighted by Gasteiger charge is -2.27. The van der Waals surface area contributed by atoms with E-state index in [1.807, 2.05) is 67.7 Å². The zero-order valence-corrected chi connectivity index (χ0v) is 20.2. The van der Waals surface area contributed by atoms with Gasteiger partial charge in [-0.3, -0.25) is 4.90 Å². The molecule has 7 heteroatoms. The predicted octanol–water partition coefficient (Wildman–Crippen LogP) is 3.87. The van der Waals surface area contributed by atoms with Crippen molar-refractivity contribution in [2.45, 2.75) is 31.6 Å². The van der Waals surface area contributed by atoms with Gasteiger partial charge >= 0.3 is 0 Å². The topological polar surface area (TPSA) is 69.0 Å². The molecule has 1 aliphatic rings. The maximum Gasteiger partial charge on any atom is 0.222 e. The summed E-state index contributed by atoms with van der Waals surface area (Å²) < 4.78 is 19.4. The zero-order chi connectivity index (χ0) is 24.5. The highest BCUT2D eigenvalue weighted by Gasteiger charge is 2.26. The van der Waals surface area contributed by atoms with Gasteiger partial charge in [-0.2, -0.15) is 5.10 Å². The predicted molar refractivity (Wildman–Crippen MR) is 135 cm³/mol. The molecule has 1 N–H and O–H groups in total. The molecule has 4 rings (SSSR count).